The number of carbonyl (C=O) groups excluding carboxylic acids is 2. The minimum Gasteiger partial charge on any atom is -0.396 e. The van der Waals surface area contributed by atoms with E-state index >= 15 is 0 Å². The highest BCUT2D eigenvalue weighted by Gasteiger charge is 2.28. The molecule has 7 N–H and O–H groups in total. The number of thiol groups is 1. The Morgan fingerprint density at radius 3 is 1.76 bits per heavy atom. The summed E-state index contributed by atoms with van der Waals surface area (Å²) in [6.45, 7) is 14.1. The molecule has 2 amide bonds. The Kier molecular flexibility index (Phi) is 31.0. The lowest BCUT2D eigenvalue weighted by Crippen LogP contribution is -2.39. The van der Waals surface area contributed by atoms with Crippen LogP contribution in [0, 0.1) is 5.41 Å². The molecule has 0 aliphatic carbocycles. The molecule has 0 spiro atoms. The van der Waals surface area contributed by atoms with Crippen LogP contribution in [0.25, 0.3) is 0 Å². The van der Waals surface area contributed by atoms with E-state index in [4.69, 9.17) is 16.6 Å². The average molecular weight is 457 g/mol. The van der Waals surface area contributed by atoms with Crippen LogP contribution in [0.4, 0.5) is 0 Å². The number of carbonyl (C=O) groups is 2. The van der Waals surface area contributed by atoms with Crippen LogP contribution in [0.1, 0.15) is 59.8 Å². The maximum atomic E-state index is 11.6. The third-order valence-electron chi connectivity index (χ3n) is 4.15. The summed E-state index contributed by atoms with van der Waals surface area (Å²) in [6.07, 6.45) is 4.26. The molecule has 0 bridgehead atoms. The van der Waals surface area contributed by atoms with Gasteiger partial charge in [0.2, 0.25) is 11.8 Å². The highest BCUT2D eigenvalue weighted by atomic mass is 35.5. The summed E-state index contributed by atoms with van der Waals surface area (Å²) in [7, 11) is 0. The Hall–Kier alpha value is -0.800. The quantitative estimate of drug-likeness (QED) is 0.152. The minimum absolute atomic E-state index is 0. The van der Waals surface area contributed by atoms with Gasteiger partial charge in [-0.1, -0.05) is 27.4 Å². The highest BCUT2D eigenvalue weighted by Crippen LogP contribution is 2.25. The molecule has 0 saturated carbocycles. The molecular formula is C20H45ClN4O3S. The molecule has 0 aromatic heterocycles. The molecule has 0 rings (SSSR count). The van der Waals surface area contributed by atoms with Gasteiger partial charge in [-0.3, -0.25) is 9.59 Å². The van der Waals surface area contributed by atoms with E-state index in [0.717, 1.165) is 37.9 Å². The zero-order chi connectivity index (χ0) is 22.4. The summed E-state index contributed by atoms with van der Waals surface area (Å²) in [6, 6.07) is 0. The molecule has 0 heterocycles. The van der Waals surface area contributed by atoms with Gasteiger partial charge in [-0.05, 0) is 57.9 Å². The molecule has 0 atom stereocenters. The Bertz CT molecular complexity index is 407. The van der Waals surface area contributed by atoms with Gasteiger partial charge >= 0.3 is 0 Å². The Morgan fingerprint density at radius 1 is 1.03 bits per heavy atom. The molecular weight excluding hydrogens is 412 g/mol. The summed E-state index contributed by atoms with van der Waals surface area (Å²) in [5, 5.41) is 13.6. The normalized spacial score (nSPS) is 9.66. The van der Waals surface area contributed by atoms with Crippen LogP contribution in [0.5, 0.6) is 0 Å². The smallest absolute Gasteiger partial charge is 0.246 e. The predicted octanol–water partition coefficient (Wildman–Crippen LogP) is 2.03. The molecule has 0 unspecified atom stereocenters. The van der Waals surface area contributed by atoms with Crippen LogP contribution >= 0.6 is 25.0 Å². The Balaban J connectivity index is -0.000000174. The molecule has 9 heteroatoms. The van der Waals surface area contributed by atoms with E-state index in [9.17, 15) is 9.59 Å². The van der Waals surface area contributed by atoms with Crippen LogP contribution in [-0.2, 0) is 9.59 Å². The van der Waals surface area contributed by atoms with Crippen molar-refractivity contribution in [3.63, 3.8) is 0 Å². The van der Waals surface area contributed by atoms with E-state index in [1.54, 1.807) is 6.92 Å². The van der Waals surface area contributed by atoms with Gasteiger partial charge in [0, 0.05) is 30.7 Å². The molecule has 0 fully saturated rings. The van der Waals surface area contributed by atoms with Gasteiger partial charge in [0.25, 0.3) is 0 Å². The van der Waals surface area contributed by atoms with Crippen molar-refractivity contribution in [2.75, 3.05) is 38.5 Å². The van der Waals surface area contributed by atoms with Crippen LogP contribution in [0.3, 0.4) is 0 Å². The van der Waals surface area contributed by atoms with Crippen molar-refractivity contribution in [1.82, 2.24) is 10.6 Å². The summed E-state index contributed by atoms with van der Waals surface area (Å²) in [4.78, 5) is 22.4. The molecule has 0 aliphatic heterocycles. The largest absolute Gasteiger partial charge is 0.396 e. The summed E-state index contributed by atoms with van der Waals surface area (Å²) in [5.74, 6) is 0.857. The first kappa shape index (κ1) is 35.6. The van der Waals surface area contributed by atoms with Crippen LogP contribution in [0.2, 0.25) is 0 Å². The van der Waals surface area contributed by atoms with Crippen LogP contribution < -0.4 is 22.1 Å². The van der Waals surface area contributed by atoms with Crippen LogP contribution in [-0.4, -0.2) is 55.5 Å². The number of aliphatic hydroxyl groups is 1. The van der Waals surface area contributed by atoms with E-state index in [0.29, 0.717) is 31.8 Å². The van der Waals surface area contributed by atoms with E-state index < -0.39 is 0 Å². The fourth-order valence-electron chi connectivity index (χ4n) is 1.61. The van der Waals surface area contributed by atoms with E-state index in [1.807, 2.05) is 20.8 Å². The van der Waals surface area contributed by atoms with Gasteiger partial charge in [0.05, 0.1) is 0 Å². The maximum Gasteiger partial charge on any atom is 0.246 e. The van der Waals surface area contributed by atoms with E-state index in [2.05, 4.69) is 29.8 Å². The number of aliphatic hydroxyl groups excluding tert-OH is 1. The number of nitrogens with one attached hydrogen (secondary N) is 2. The number of rotatable bonds is 12. The van der Waals surface area contributed by atoms with Crippen molar-refractivity contribution in [2.45, 2.75) is 59.8 Å². The van der Waals surface area contributed by atoms with Crippen molar-refractivity contribution in [1.29, 1.82) is 0 Å². The van der Waals surface area contributed by atoms with E-state index in [-0.39, 0.29) is 36.2 Å². The second kappa shape index (κ2) is 25.2. The highest BCUT2D eigenvalue weighted by molar-refractivity contribution is 7.80. The standard InChI is InChI=1S/C10H22N2O.C7H14N2O.C3H8OS.ClH/c1-4-10(3,5-2)9(13)12-8-6-7-11;1-6(2)7(10)9-5-3-4-8;4-2-1-3-5;/h4-8,11H2,1-3H3,(H,12,13);1,3-5,8H2,2H3,(H,9,10);4-5H,1-3H2;1H. The SMILES string of the molecule is C=C(C)C(=O)NCCCN.CCC(C)(CC)C(=O)NCCCN.Cl.OCCCS. The second-order valence-corrected chi connectivity index (χ2v) is 7.09. The predicted molar refractivity (Wildman–Crippen MR) is 130 cm³/mol. The summed E-state index contributed by atoms with van der Waals surface area (Å²) < 4.78 is 0. The lowest BCUT2D eigenvalue weighted by atomic mass is 9.84. The van der Waals surface area contributed by atoms with Gasteiger partial charge in [-0.25, -0.2) is 0 Å². The molecule has 0 saturated heterocycles. The third-order valence-corrected chi connectivity index (χ3v) is 4.46. The average Bonchev–Trinajstić information content (AvgIpc) is 2.69. The second-order valence-electron chi connectivity index (χ2n) is 6.65. The minimum atomic E-state index is -0.200. The van der Waals surface area contributed by atoms with Crippen molar-refractivity contribution in [2.24, 2.45) is 16.9 Å². The summed E-state index contributed by atoms with van der Waals surface area (Å²) in [5.41, 5.74) is 10.9. The molecule has 0 aromatic carbocycles. The molecule has 0 radical (unpaired) electrons. The van der Waals surface area contributed by atoms with Gasteiger partial charge in [0.1, 0.15) is 0 Å². The first-order chi connectivity index (χ1) is 13.2. The van der Waals surface area contributed by atoms with Crippen LogP contribution in [0.15, 0.2) is 12.2 Å². The van der Waals surface area contributed by atoms with Gasteiger partial charge in [-0.2, -0.15) is 12.6 Å². The number of amides is 2. The number of hydrogen-bond acceptors (Lipinski definition) is 6. The van der Waals surface area contributed by atoms with Crippen molar-refractivity contribution in [3.8, 4) is 0 Å². The number of halogens is 1. The first-order valence-corrected chi connectivity index (χ1v) is 10.7. The topological polar surface area (TPSA) is 130 Å². The maximum absolute atomic E-state index is 11.6. The molecule has 176 valence electrons. The van der Waals surface area contributed by atoms with Crippen molar-refractivity contribution >= 4 is 36.9 Å². The molecule has 7 nitrogen and oxygen atoms in total. The molecule has 29 heavy (non-hydrogen) atoms. The molecule has 0 aliphatic rings. The van der Waals surface area contributed by atoms with Gasteiger partial charge in [0.15, 0.2) is 0 Å². The number of hydrogen-bond donors (Lipinski definition) is 6. The number of nitrogens with two attached hydrogens (primary N) is 2. The van der Waals surface area contributed by atoms with Crippen molar-refractivity contribution in [3.05, 3.63) is 12.2 Å². The first-order valence-electron chi connectivity index (χ1n) is 10.0. The van der Waals surface area contributed by atoms with Gasteiger partial charge in [-0.15, -0.1) is 12.4 Å². The fraction of sp³-hybridized carbons (Fsp3) is 0.800. The molecule has 0 aromatic rings. The zero-order valence-corrected chi connectivity index (χ0v) is 20.5. The van der Waals surface area contributed by atoms with Crippen molar-refractivity contribution < 1.29 is 14.7 Å². The lowest BCUT2D eigenvalue weighted by molar-refractivity contribution is -0.130. The Morgan fingerprint density at radius 2 is 1.48 bits per heavy atom. The fourth-order valence-corrected chi connectivity index (χ4v) is 1.76. The monoisotopic (exact) mass is 456 g/mol. The summed E-state index contributed by atoms with van der Waals surface area (Å²) >= 11 is 3.84. The van der Waals surface area contributed by atoms with E-state index in [1.165, 1.54) is 0 Å². The Labute approximate surface area is 189 Å². The van der Waals surface area contributed by atoms with Gasteiger partial charge < -0.3 is 27.2 Å². The lowest BCUT2D eigenvalue weighted by Gasteiger charge is -2.25. The zero-order valence-electron chi connectivity index (χ0n) is 18.8. The third kappa shape index (κ3) is 23.3.